The molecule has 1 unspecified atom stereocenters. The van der Waals surface area contributed by atoms with Crippen molar-refractivity contribution in [3.8, 4) is 0 Å². The van der Waals surface area contributed by atoms with Crippen LogP contribution >= 0.6 is 0 Å². The first-order valence-corrected chi connectivity index (χ1v) is 7.18. The summed E-state index contributed by atoms with van der Waals surface area (Å²) in [6.07, 6.45) is 4.33. The molecular weight excluding hydrogens is 264 g/mol. The van der Waals surface area contributed by atoms with Crippen molar-refractivity contribution >= 4 is 5.91 Å². The van der Waals surface area contributed by atoms with Crippen LogP contribution in [-0.4, -0.2) is 22.2 Å². The van der Waals surface area contributed by atoms with E-state index < -0.39 is 5.54 Å². The van der Waals surface area contributed by atoms with Crippen LogP contribution in [0.4, 0.5) is 0 Å². The molecule has 0 saturated heterocycles. The van der Waals surface area contributed by atoms with Gasteiger partial charge >= 0.3 is 0 Å². The van der Waals surface area contributed by atoms with E-state index in [0.29, 0.717) is 19.5 Å². The SMILES string of the molecule is CCNC(CCn1cc(C)cn1)(C(N)=O)c1ccccc1. The largest absolute Gasteiger partial charge is 0.368 e. The maximum Gasteiger partial charge on any atom is 0.242 e. The Morgan fingerprint density at radius 1 is 1.38 bits per heavy atom. The molecule has 5 heteroatoms. The molecule has 3 N–H and O–H groups in total. The molecule has 0 spiro atoms. The molecule has 2 aromatic rings. The molecule has 112 valence electrons. The van der Waals surface area contributed by atoms with E-state index in [1.54, 1.807) is 0 Å². The minimum Gasteiger partial charge on any atom is -0.368 e. The highest BCUT2D eigenvalue weighted by Crippen LogP contribution is 2.25. The number of primary amides is 1. The lowest BCUT2D eigenvalue weighted by Crippen LogP contribution is -2.53. The average Bonchev–Trinajstić information content (AvgIpc) is 2.90. The Morgan fingerprint density at radius 3 is 2.62 bits per heavy atom. The van der Waals surface area contributed by atoms with E-state index in [9.17, 15) is 4.79 Å². The van der Waals surface area contributed by atoms with E-state index in [4.69, 9.17) is 5.73 Å². The van der Waals surface area contributed by atoms with Gasteiger partial charge in [-0.2, -0.15) is 5.10 Å². The minimum absolute atomic E-state index is 0.362. The Hall–Kier alpha value is -2.14. The number of aromatic nitrogens is 2. The van der Waals surface area contributed by atoms with E-state index in [-0.39, 0.29) is 5.91 Å². The monoisotopic (exact) mass is 286 g/mol. The van der Waals surface area contributed by atoms with Gasteiger partial charge in [-0.3, -0.25) is 14.8 Å². The second-order valence-electron chi connectivity index (χ2n) is 5.20. The summed E-state index contributed by atoms with van der Waals surface area (Å²) in [7, 11) is 0. The van der Waals surface area contributed by atoms with Crippen molar-refractivity contribution in [1.82, 2.24) is 15.1 Å². The van der Waals surface area contributed by atoms with Gasteiger partial charge in [-0.1, -0.05) is 37.3 Å². The molecule has 21 heavy (non-hydrogen) atoms. The number of amides is 1. The third kappa shape index (κ3) is 3.31. The van der Waals surface area contributed by atoms with Gasteiger partial charge in [0.15, 0.2) is 0 Å². The summed E-state index contributed by atoms with van der Waals surface area (Å²) < 4.78 is 1.84. The Balaban J connectivity index is 2.28. The molecule has 0 fully saturated rings. The van der Waals surface area contributed by atoms with E-state index in [2.05, 4.69) is 10.4 Å². The van der Waals surface area contributed by atoms with Gasteiger partial charge in [-0.15, -0.1) is 0 Å². The van der Waals surface area contributed by atoms with Crippen LogP contribution in [0.2, 0.25) is 0 Å². The number of nitrogens with two attached hydrogens (primary N) is 1. The summed E-state index contributed by atoms with van der Waals surface area (Å²) in [5, 5.41) is 7.54. The van der Waals surface area contributed by atoms with E-state index in [1.807, 2.05) is 61.3 Å². The topological polar surface area (TPSA) is 72.9 Å². The number of hydrogen-bond acceptors (Lipinski definition) is 3. The second kappa shape index (κ2) is 6.54. The molecule has 0 saturated carbocycles. The minimum atomic E-state index is -0.865. The van der Waals surface area contributed by atoms with Gasteiger partial charge < -0.3 is 5.73 Å². The van der Waals surface area contributed by atoms with Crippen molar-refractivity contribution in [2.24, 2.45) is 5.73 Å². The quantitative estimate of drug-likeness (QED) is 0.811. The third-order valence-corrected chi connectivity index (χ3v) is 3.64. The molecule has 5 nitrogen and oxygen atoms in total. The summed E-state index contributed by atoms with van der Waals surface area (Å²) >= 11 is 0. The van der Waals surface area contributed by atoms with Gasteiger partial charge in [-0.05, 0) is 31.0 Å². The summed E-state index contributed by atoms with van der Waals surface area (Å²) in [5.74, 6) is -0.362. The highest BCUT2D eigenvalue weighted by molar-refractivity contribution is 5.86. The molecule has 0 aliphatic rings. The molecule has 1 amide bonds. The molecular formula is C16H22N4O. The standard InChI is InChI=1S/C16H22N4O/c1-3-18-16(15(17)21,14-7-5-4-6-8-14)9-10-20-12-13(2)11-19-20/h4-8,11-12,18H,3,9-10H2,1-2H3,(H2,17,21). The van der Waals surface area contributed by atoms with Crippen LogP contribution in [0.25, 0.3) is 0 Å². The van der Waals surface area contributed by atoms with E-state index >= 15 is 0 Å². The lowest BCUT2D eigenvalue weighted by Gasteiger charge is -2.32. The van der Waals surface area contributed by atoms with Crippen LogP contribution in [0, 0.1) is 6.92 Å². The fraction of sp³-hybridized carbons (Fsp3) is 0.375. The van der Waals surface area contributed by atoms with Crippen LogP contribution in [0.5, 0.6) is 0 Å². The van der Waals surface area contributed by atoms with Crippen molar-refractivity contribution in [3.05, 3.63) is 53.9 Å². The molecule has 1 aromatic heterocycles. The second-order valence-corrected chi connectivity index (χ2v) is 5.20. The lowest BCUT2D eigenvalue weighted by molar-refractivity contribution is -0.125. The Bertz CT molecular complexity index is 593. The van der Waals surface area contributed by atoms with Crippen molar-refractivity contribution in [2.45, 2.75) is 32.4 Å². The number of likely N-dealkylation sites (N-methyl/N-ethyl adjacent to an activating group) is 1. The van der Waals surface area contributed by atoms with Crippen LogP contribution < -0.4 is 11.1 Å². The third-order valence-electron chi connectivity index (χ3n) is 3.64. The molecule has 0 aliphatic heterocycles. The Labute approximate surface area is 125 Å². The molecule has 2 rings (SSSR count). The van der Waals surface area contributed by atoms with Gasteiger partial charge in [0.2, 0.25) is 5.91 Å². The Morgan fingerprint density at radius 2 is 2.10 bits per heavy atom. The van der Waals surface area contributed by atoms with Crippen molar-refractivity contribution in [3.63, 3.8) is 0 Å². The number of hydrogen-bond donors (Lipinski definition) is 2. The van der Waals surface area contributed by atoms with Crippen molar-refractivity contribution in [2.75, 3.05) is 6.54 Å². The van der Waals surface area contributed by atoms with E-state index in [0.717, 1.165) is 11.1 Å². The highest BCUT2D eigenvalue weighted by atomic mass is 16.1. The van der Waals surface area contributed by atoms with Crippen molar-refractivity contribution < 1.29 is 4.79 Å². The lowest BCUT2D eigenvalue weighted by atomic mass is 9.85. The maximum absolute atomic E-state index is 12.2. The highest BCUT2D eigenvalue weighted by Gasteiger charge is 2.37. The fourth-order valence-corrected chi connectivity index (χ4v) is 2.58. The number of nitrogens with one attached hydrogen (secondary N) is 1. The first-order valence-electron chi connectivity index (χ1n) is 7.18. The number of benzene rings is 1. The zero-order chi connectivity index (χ0) is 15.3. The van der Waals surface area contributed by atoms with Crippen molar-refractivity contribution in [1.29, 1.82) is 0 Å². The molecule has 1 heterocycles. The summed E-state index contributed by atoms with van der Waals surface area (Å²) in [6.45, 7) is 5.25. The van der Waals surface area contributed by atoms with E-state index in [1.165, 1.54) is 0 Å². The summed E-state index contributed by atoms with van der Waals surface area (Å²) in [4.78, 5) is 12.2. The first kappa shape index (κ1) is 15.3. The number of nitrogens with zero attached hydrogens (tertiary/aromatic N) is 2. The zero-order valence-electron chi connectivity index (χ0n) is 12.5. The van der Waals surface area contributed by atoms with Gasteiger partial charge in [0.05, 0.1) is 6.20 Å². The first-order chi connectivity index (χ1) is 10.1. The predicted molar refractivity (Wildman–Crippen MR) is 82.6 cm³/mol. The smallest absolute Gasteiger partial charge is 0.242 e. The van der Waals surface area contributed by atoms with Gasteiger partial charge in [0.25, 0.3) is 0 Å². The summed E-state index contributed by atoms with van der Waals surface area (Å²) in [5.41, 5.74) is 6.85. The maximum atomic E-state index is 12.2. The van der Waals surface area contributed by atoms with Crippen LogP contribution in [-0.2, 0) is 16.9 Å². The Kier molecular flexibility index (Phi) is 4.75. The van der Waals surface area contributed by atoms with Gasteiger partial charge in [0.1, 0.15) is 5.54 Å². The van der Waals surface area contributed by atoms with Gasteiger partial charge in [0, 0.05) is 12.7 Å². The molecule has 0 bridgehead atoms. The number of rotatable bonds is 7. The van der Waals surface area contributed by atoms with Crippen LogP contribution in [0.15, 0.2) is 42.7 Å². The number of carbonyl (C=O) groups is 1. The average molecular weight is 286 g/mol. The summed E-state index contributed by atoms with van der Waals surface area (Å²) in [6, 6.07) is 9.63. The normalized spacial score (nSPS) is 13.8. The molecule has 0 radical (unpaired) electrons. The number of carbonyl (C=O) groups excluding carboxylic acids is 1. The predicted octanol–water partition coefficient (Wildman–Crippen LogP) is 1.57. The van der Waals surface area contributed by atoms with Crippen LogP contribution in [0.1, 0.15) is 24.5 Å². The van der Waals surface area contributed by atoms with Gasteiger partial charge in [-0.25, -0.2) is 0 Å². The zero-order valence-corrected chi connectivity index (χ0v) is 12.5. The van der Waals surface area contributed by atoms with Crippen LogP contribution in [0.3, 0.4) is 0 Å². The number of aryl methyl sites for hydroxylation is 2. The molecule has 1 atom stereocenters. The fourth-order valence-electron chi connectivity index (χ4n) is 2.58. The molecule has 1 aromatic carbocycles. The molecule has 0 aliphatic carbocycles.